The summed E-state index contributed by atoms with van der Waals surface area (Å²) in [5.41, 5.74) is -0.115. The van der Waals surface area contributed by atoms with Crippen molar-refractivity contribution < 1.29 is 13.2 Å². The summed E-state index contributed by atoms with van der Waals surface area (Å²) in [6.07, 6.45) is -0.00700. The monoisotopic (exact) mass is 373 g/mol. The van der Waals surface area contributed by atoms with Gasteiger partial charge in [0.25, 0.3) is 0 Å². The van der Waals surface area contributed by atoms with Crippen molar-refractivity contribution in [3.05, 3.63) is 50.9 Å². The van der Waals surface area contributed by atoms with Crippen LogP contribution in [0.4, 0.5) is 13.2 Å². The first-order valence-electron chi connectivity index (χ1n) is 8.28. The van der Waals surface area contributed by atoms with Gasteiger partial charge in [-0.1, -0.05) is 17.7 Å². The summed E-state index contributed by atoms with van der Waals surface area (Å²) < 4.78 is 43.6. The van der Waals surface area contributed by atoms with E-state index in [4.69, 9.17) is 11.6 Å². The first-order chi connectivity index (χ1) is 11.8. The molecule has 0 saturated heterocycles. The van der Waals surface area contributed by atoms with E-state index in [-0.39, 0.29) is 48.0 Å². The minimum atomic E-state index is -2.68. The second-order valence-electron chi connectivity index (χ2n) is 6.47. The Morgan fingerprint density at radius 3 is 2.76 bits per heavy atom. The number of halogens is 4. The van der Waals surface area contributed by atoms with E-state index in [1.807, 2.05) is 0 Å². The third kappa shape index (κ3) is 3.76. The predicted octanol–water partition coefficient (Wildman–Crippen LogP) is 3.88. The van der Waals surface area contributed by atoms with Crippen LogP contribution in [0, 0.1) is 11.7 Å². The van der Waals surface area contributed by atoms with Gasteiger partial charge < -0.3 is 0 Å². The molecule has 1 aromatic heterocycles. The molecule has 0 N–H and O–H groups in total. The molecule has 136 valence electrons. The Morgan fingerprint density at radius 2 is 2.16 bits per heavy atom. The fourth-order valence-electron chi connectivity index (χ4n) is 3.32. The van der Waals surface area contributed by atoms with Gasteiger partial charge in [-0.2, -0.15) is 5.10 Å². The third-order valence-electron chi connectivity index (χ3n) is 4.64. The van der Waals surface area contributed by atoms with Crippen LogP contribution in [-0.2, 0) is 19.5 Å². The summed E-state index contributed by atoms with van der Waals surface area (Å²) in [5.74, 6) is -3.11. The van der Waals surface area contributed by atoms with Crippen LogP contribution < -0.4 is 5.69 Å². The maximum Gasteiger partial charge on any atom is 0.345 e. The lowest BCUT2D eigenvalue weighted by molar-refractivity contribution is 0.00428. The van der Waals surface area contributed by atoms with Crippen LogP contribution in [-0.4, -0.2) is 20.3 Å². The Morgan fingerprint density at radius 1 is 1.40 bits per heavy atom. The maximum atomic E-state index is 14.1. The van der Waals surface area contributed by atoms with E-state index < -0.39 is 11.7 Å². The molecule has 25 heavy (non-hydrogen) atoms. The lowest BCUT2D eigenvalue weighted by Gasteiger charge is -2.13. The molecule has 1 aromatic carbocycles. The first kappa shape index (κ1) is 18.0. The molecule has 0 amide bonds. The van der Waals surface area contributed by atoms with Crippen molar-refractivity contribution in [1.82, 2.24) is 14.3 Å². The zero-order valence-corrected chi connectivity index (χ0v) is 14.6. The number of alkyl halides is 2. The summed E-state index contributed by atoms with van der Waals surface area (Å²) in [6, 6.07) is 4.36. The average Bonchev–Trinajstić information content (AvgIpc) is 3.04. The lowest BCUT2D eigenvalue weighted by atomic mass is 10.1. The highest BCUT2D eigenvalue weighted by Gasteiger charge is 2.39. The number of hydrogen-bond donors (Lipinski definition) is 0. The molecule has 0 aliphatic heterocycles. The van der Waals surface area contributed by atoms with Crippen LogP contribution >= 0.6 is 11.6 Å². The molecule has 2 aromatic rings. The van der Waals surface area contributed by atoms with E-state index >= 15 is 0 Å². The molecule has 1 saturated carbocycles. The van der Waals surface area contributed by atoms with Gasteiger partial charge in [0.15, 0.2) is 0 Å². The fourth-order valence-corrected chi connectivity index (χ4v) is 3.55. The second-order valence-corrected chi connectivity index (χ2v) is 6.87. The van der Waals surface area contributed by atoms with Gasteiger partial charge in [-0.05, 0) is 31.4 Å². The smallest absolute Gasteiger partial charge is 0.278 e. The van der Waals surface area contributed by atoms with Crippen LogP contribution in [0.1, 0.15) is 37.6 Å². The summed E-state index contributed by atoms with van der Waals surface area (Å²) in [6.45, 7) is 2.28. The zero-order valence-electron chi connectivity index (χ0n) is 13.8. The molecule has 4 nitrogen and oxygen atoms in total. The Balaban J connectivity index is 1.93. The van der Waals surface area contributed by atoms with Crippen molar-refractivity contribution in [1.29, 1.82) is 0 Å². The molecule has 1 unspecified atom stereocenters. The largest absolute Gasteiger partial charge is 0.345 e. The van der Waals surface area contributed by atoms with Gasteiger partial charge in [-0.15, -0.1) is 0 Å². The molecule has 0 bridgehead atoms. The molecule has 1 aliphatic rings. The highest BCUT2D eigenvalue weighted by atomic mass is 35.5. The van der Waals surface area contributed by atoms with Crippen molar-refractivity contribution >= 4 is 11.6 Å². The molecule has 3 rings (SSSR count). The SMILES string of the molecule is CCn1nc(Cc2c(F)cccc2Cl)n(CC2CCC(F)(F)C2)c1=O. The zero-order chi connectivity index (χ0) is 18.2. The highest BCUT2D eigenvalue weighted by Crippen LogP contribution is 2.39. The summed E-state index contributed by atoms with van der Waals surface area (Å²) in [7, 11) is 0. The van der Waals surface area contributed by atoms with E-state index in [1.54, 1.807) is 13.0 Å². The average molecular weight is 374 g/mol. The van der Waals surface area contributed by atoms with Crippen LogP contribution in [0.2, 0.25) is 5.02 Å². The number of benzene rings is 1. The topological polar surface area (TPSA) is 39.8 Å². The van der Waals surface area contributed by atoms with Crippen LogP contribution in [0.5, 0.6) is 0 Å². The Labute approximate surface area is 148 Å². The van der Waals surface area contributed by atoms with Gasteiger partial charge in [0.05, 0.1) is 0 Å². The standard InChI is InChI=1S/C17H19ClF3N3O/c1-2-24-16(25)23(10-11-6-7-17(20,21)9-11)15(22-24)8-12-13(18)4-3-5-14(12)19/h3-5,11H,2,6-10H2,1H3. The van der Waals surface area contributed by atoms with E-state index in [2.05, 4.69) is 5.10 Å². The van der Waals surface area contributed by atoms with Crippen molar-refractivity contribution in [3.8, 4) is 0 Å². The number of nitrogens with zero attached hydrogens (tertiary/aromatic N) is 3. The van der Waals surface area contributed by atoms with Crippen molar-refractivity contribution in [3.63, 3.8) is 0 Å². The first-order valence-corrected chi connectivity index (χ1v) is 8.65. The summed E-state index contributed by atoms with van der Waals surface area (Å²) in [4.78, 5) is 12.5. The van der Waals surface area contributed by atoms with Gasteiger partial charge in [0, 0.05) is 42.9 Å². The van der Waals surface area contributed by atoms with Gasteiger partial charge in [0.1, 0.15) is 11.6 Å². The van der Waals surface area contributed by atoms with Gasteiger partial charge >= 0.3 is 5.69 Å². The molecule has 0 radical (unpaired) electrons. The quantitative estimate of drug-likeness (QED) is 0.797. The summed E-state index contributed by atoms with van der Waals surface area (Å²) >= 11 is 6.06. The highest BCUT2D eigenvalue weighted by molar-refractivity contribution is 6.31. The van der Waals surface area contributed by atoms with Crippen LogP contribution in [0.25, 0.3) is 0 Å². The van der Waals surface area contributed by atoms with E-state index in [9.17, 15) is 18.0 Å². The Bertz CT molecular complexity index is 811. The van der Waals surface area contributed by atoms with E-state index in [0.29, 0.717) is 18.8 Å². The number of hydrogen-bond acceptors (Lipinski definition) is 2. The van der Waals surface area contributed by atoms with E-state index in [0.717, 1.165) is 0 Å². The molecule has 1 aliphatic carbocycles. The molecular formula is C17H19ClF3N3O. The lowest BCUT2D eigenvalue weighted by Crippen LogP contribution is -2.27. The van der Waals surface area contributed by atoms with Crippen LogP contribution in [0.3, 0.4) is 0 Å². The second kappa shape index (κ2) is 6.86. The fraction of sp³-hybridized carbons (Fsp3) is 0.529. The molecule has 1 fully saturated rings. The predicted molar refractivity (Wildman–Crippen MR) is 88.7 cm³/mol. The number of aryl methyl sites for hydroxylation is 1. The van der Waals surface area contributed by atoms with Crippen molar-refractivity contribution in [2.24, 2.45) is 5.92 Å². The Kier molecular flexibility index (Phi) is 4.95. The molecular weight excluding hydrogens is 355 g/mol. The number of aromatic nitrogens is 3. The van der Waals surface area contributed by atoms with E-state index in [1.165, 1.54) is 21.4 Å². The van der Waals surface area contributed by atoms with Crippen LogP contribution in [0.15, 0.2) is 23.0 Å². The summed E-state index contributed by atoms with van der Waals surface area (Å²) in [5, 5.41) is 4.49. The van der Waals surface area contributed by atoms with Gasteiger partial charge in [0.2, 0.25) is 5.92 Å². The Hall–Kier alpha value is -1.76. The van der Waals surface area contributed by atoms with Gasteiger partial charge in [-0.25, -0.2) is 22.6 Å². The number of rotatable bonds is 5. The van der Waals surface area contributed by atoms with Crippen molar-refractivity contribution in [2.45, 2.75) is 51.6 Å². The molecule has 1 atom stereocenters. The van der Waals surface area contributed by atoms with Gasteiger partial charge in [-0.3, -0.25) is 4.57 Å². The normalized spacial score (nSPS) is 19.5. The minimum absolute atomic E-state index is 0.0386. The third-order valence-corrected chi connectivity index (χ3v) is 5.00. The molecule has 8 heteroatoms. The maximum absolute atomic E-state index is 14.1. The molecule has 1 heterocycles. The molecule has 0 spiro atoms. The van der Waals surface area contributed by atoms with Crippen molar-refractivity contribution in [2.75, 3.05) is 0 Å². The minimum Gasteiger partial charge on any atom is -0.278 e.